The fraction of sp³-hybridized carbons (Fsp3) is 0.591. The number of piperidine rings is 1. The molecule has 1 aromatic carbocycles. The largest absolute Gasteiger partial charge is 0.458 e. The third-order valence-corrected chi connectivity index (χ3v) is 5.54. The van der Waals surface area contributed by atoms with Gasteiger partial charge in [-0.25, -0.2) is 9.59 Å². The van der Waals surface area contributed by atoms with Crippen molar-refractivity contribution in [1.82, 2.24) is 10.2 Å². The molecule has 4 atom stereocenters. The van der Waals surface area contributed by atoms with E-state index in [-0.39, 0.29) is 31.0 Å². The van der Waals surface area contributed by atoms with Crippen molar-refractivity contribution < 1.29 is 23.9 Å². The first-order valence-electron chi connectivity index (χ1n) is 10.4. The van der Waals surface area contributed by atoms with E-state index >= 15 is 0 Å². The van der Waals surface area contributed by atoms with Crippen molar-refractivity contribution in [3.63, 3.8) is 0 Å². The lowest BCUT2D eigenvalue weighted by atomic mass is 9.86. The molecule has 3 N–H and O–H groups in total. The van der Waals surface area contributed by atoms with E-state index in [1.54, 1.807) is 25.7 Å². The van der Waals surface area contributed by atoms with Crippen LogP contribution >= 0.6 is 0 Å². The molecule has 0 aromatic heterocycles. The number of ether oxygens (including phenoxy) is 2. The molecule has 2 aliphatic heterocycles. The summed E-state index contributed by atoms with van der Waals surface area (Å²) < 4.78 is 10.8. The summed E-state index contributed by atoms with van der Waals surface area (Å²) in [6.45, 7) is 5.76. The number of hydrogen-bond acceptors (Lipinski definition) is 6. The number of alkyl carbamates (subject to hydrolysis) is 1. The Hall–Kier alpha value is -2.61. The molecule has 0 bridgehead atoms. The van der Waals surface area contributed by atoms with Crippen molar-refractivity contribution in [1.29, 1.82) is 0 Å². The summed E-state index contributed by atoms with van der Waals surface area (Å²) in [5.74, 6) is -0.915. The number of nitrogens with zero attached hydrogens (tertiary/aromatic N) is 1. The number of esters is 1. The summed E-state index contributed by atoms with van der Waals surface area (Å²) in [5, 5.41) is 2.68. The number of fused-ring (bicyclic) bond motifs is 1. The number of amides is 2. The molecule has 2 fully saturated rings. The zero-order chi connectivity index (χ0) is 21.9. The number of benzene rings is 1. The van der Waals surface area contributed by atoms with Crippen molar-refractivity contribution >= 4 is 18.0 Å². The predicted octanol–water partition coefficient (Wildman–Crippen LogP) is 1.96. The van der Waals surface area contributed by atoms with E-state index in [9.17, 15) is 14.4 Å². The molecule has 3 rings (SSSR count). The maximum absolute atomic E-state index is 13.3. The molecule has 2 amide bonds. The topological polar surface area (TPSA) is 111 Å². The Morgan fingerprint density at radius 2 is 1.90 bits per heavy atom. The van der Waals surface area contributed by atoms with Crippen molar-refractivity contribution in [3.05, 3.63) is 35.9 Å². The van der Waals surface area contributed by atoms with E-state index in [1.807, 2.05) is 30.3 Å². The smallest absolute Gasteiger partial charge is 0.408 e. The molecule has 0 aliphatic carbocycles. The van der Waals surface area contributed by atoms with E-state index < -0.39 is 29.7 Å². The Balaban J connectivity index is 1.67. The molecule has 2 saturated heterocycles. The fourth-order valence-electron chi connectivity index (χ4n) is 4.20. The molecule has 0 unspecified atom stereocenters. The summed E-state index contributed by atoms with van der Waals surface area (Å²) in [7, 11) is 0. The first-order valence-corrected chi connectivity index (χ1v) is 10.4. The van der Waals surface area contributed by atoms with Gasteiger partial charge in [-0.05, 0) is 52.1 Å². The first kappa shape index (κ1) is 22.1. The van der Waals surface area contributed by atoms with Crippen LogP contribution in [0.4, 0.5) is 4.79 Å². The van der Waals surface area contributed by atoms with Gasteiger partial charge in [0.05, 0.1) is 0 Å². The maximum Gasteiger partial charge on any atom is 0.408 e. The van der Waals surface area contributed by atoms with Crippen LogP contribution in [0.2, 0.25) is 0 Å². The SMILES string of the molecule is CC(C)(C)OC(=O)[C@H]1CC[C@H]2C[C@@H](CN)[C@@H](NC(=O)OCc3ccccc3)C(=O)N21. The third-order valence-electron chi connectivity index (χ3n) is 5.54. The monoisotopic (exact) mass is 417 g/mol. The average Bonchev–Trinajstić information content (AvgIpc) is 3.12. The van der Waals surface area contributed by atoms with E-state index in [0.717, 1.165) is 12.0 Å². The number of carbonyl (C=O) groups excluding carboxylic acids is 3. The standard InChI is InChI=1S/C22H31N3O5/c1-22(2,3)30-20(27)17-10-9-16-11-15(12-23)18(19(26)25(16)17)24-21(28)29-13-14-7-5-4-6-8-14/h4-8,15-18H,9-13,23H2,1-3H3,(H,24,28)/t15-,16-,17+,18+/m0/s1. The Kier molecular flexibility index (Phi) is 6.65. The van der Waals surface area contributed by atoms with Gasteiger partial charge in [0, 0.05) is 12.0 Å². The molecular formula is C22H31N3O5. The Bertz CT molecular complexity index is 777. The van der Waals surface area contributed by atoms with Crippen molar-refractivity contribution in [2.24, 2.45) is 11.7 Å². The van der Waals surface area contributed by atoms with Gasteiger partial charge in [0.15, 0.2) is 0 Å². The predicted molar refractivity (Wildman–Crippen MR) is 110 cm³/mol. The highest BCUT2D eigenvalue weighted by molar-refractivity contribution is 5.91. The molecule has 30 heavy (non-hydrogen) atoms. The quantitative estimate of drug-likeness (QED) is 0.709. The fourth-order valence-corrected chi connectivity index (χ4v) is 4.20. The van der Waals surface area contributed by atoms with E-state index in [2.05, 4.69) is 5.32 Å². The summed E-state index contributed by atoms with van der Waals surface area (Å²) in [6.07, 6.45) is 1.22. The second-order valence-electron chi connectivity index (χ2n) is 8.94. The lowest BCUT2D eigenvalue weighted by molar-refractivity contribution is -0.166. The second-order valence-corrected chi connectivity index (χ2v) is 8.94. The highest BCUT2D eigenvalue weighted by atomic mass is 16.6. The van der Waals surface area contributed by atoms with Gasteiger partial charge < -0.3 is 25.4 Å². The molecule has 164 valence electrons. The third kappa shape index (κ3) is 5.11. The van der Waals surface area contributed by atoms with E-state index in [4.69, 9.17) is 15.2 Å². The molecule has 8 heteroatoms. The lowest BCUT2D eigenvalue weighted by Gasteiger charge is -2.41. The molecule has 8 nitrogen and oxygen atoms in total. The second kappa shape index (κ2) is 9.04. The summed E-state index contributed by atoms with van der Waals surface area (Å²) in [4.78, 5) is 39.8. The molecule has 0 radical (unpaired) electrons. The first-order chi connectivity index (χ1) is 14.2. The zero-order valence-electron chi connectivity index (χ0n) is 17.8. The van der Waals surface area contributed by atoms with Crippen LogP contribution in [0.3, 0.4) is 0 Å². The Morgan fingerprint density at radius 3 is 2.53 bits per heavy atom. The van der Waals surface area contributed by atoms with E-state index in [0.29, 0.717) is 12.8 Å². The van der Waals surface area contributed by atoms with Crippen LogP contribution in [0, 0.1) is 5.92 Å². The van der Waals surface area contributed by atoms with Crippen LogP contribution < -0.4 is 11.1 Å². The molecule has 2 aliphatic rings. The average molecular weight is 418 g/mol. The molecule has 1 aromatic rings. The van der Waals surface area contributed by atoms with Gasteiger partial charge in [0.25, 0.3) is 0 Å². The lowest BCUT2D eigenvalue weighted by Crippen LogP contribution is -2.62. The van der Waals surface area contributed by atoms with Crippen LogP contribution in [0.15, 0.2) is 30.3 Å². The minimum Gasteiger partial charge on any atom is -0.458 e. The number of nitrogens with two attached hydrogens (primary N) is 1. The molecule has 0 saturated carbocycles. The van der Waals surface area contributed by atoms with Crippen LogP contribution in [-0.4, -0.2) is 53.1 Å². The van der Waals surface area contributed by atoms with Crippen molar-refractivity contribution in [2.75, 3.05) is 6.54 Å². The van der Waals surface area contributed by atoms with Gasteiger partial charge in [0.1, 0.15) is 24.3 Å². The van der Waals surface area contributed by atoms with Gasteiger partial charge in [0.2, 0.25) is 5.91 Å². The summed E-state index contributed by atoms with van der Waals surface area (Å²) in [6, 6.07) is 7.77. The van der Waals surface area contributed by atoms with Crippen molar-refractivity contribution in [3.8, 4) is 0 Å². The summed E-state index contributed by atoms with van der Waals surface area (Å²) >= 11 is 0. The number of carbonyl (C=O) groups is 3. The summed E-state index contributed by atoms with van der Waals surface area (Å²) in [5.41, 5.74) is 6.12. The minimum atomic E-state index is -0.822. The van der Waals surface area contributed by atoms with Crippen LogP contribution in [0.25, 0.3) is 0 Å². The van der Waals surface area contributed by atoms with Crippen LogP contribution in [0.1, 0.15) is 45.6 Å². The number of hydrogen-bond donors (Lipinski definition) is 2. The van der Waals surface area contributed by atoms with Crippen molar-refractivity contribution in [2.45, 2.75) is 70.4 Å². The zero-order valence-corrected chi connectivity index (χ0v) is 17.8. The normalized spacial score (nSPS) is 26.1. The van der Waals surface area contributed by atoms with Crippen LogP contribution in [0.5, 0.6) is 0 Å². The van der Waals surface area contributed by atoms with Gasteiger partial charge >= 0.3 is 12.1 Å². The molecular weight excluding hydrogens is 386 g/mol. The maximum atomic E-state index is 13.3. The Labute approximate surface area is 177 Å². The molecule has 2 heterocycles. The molecule has 0 spiro atoms. The highest BCUT2D eigenvalue weighted by Crippen LogP contribution is 2.36. The number of nitrogens with one attached hydrogen (secondary N) is 1. The van der Waals surface area contributed by atoms with Crippen LogP contribution in [-0.2, 0) is 25.7 Å². The minimum absolute atomic E-state index is 0.0676. The Morgan fingerprint density at radius 1 is 1.20 bits per heavy atom. The number of rotatable bonds is 5. The van der Waals surface area contributed by atoms with E-state index in [1.165, 1.54) is 0 Å². The van der Waals surface area contributed by atoms with Gasteiger partial charge in [-0.3, -0.25) is 4.79 Å². The van der Waals surface area contributed by atoms with Gasteiger partial charge in [-0.15, -0.1) is 0 Å². The van der Waals surface area contributed by atoms with Gasteiger partial charge in [-0.2, -0.15) is 0 Å². The van der Waals surface area contributed by atoms with Gasteiger partial charge in [-0.1, -0.05) is 30.3 Å². The highest BCUT2D eigenvalue weighted by Gasteiger charge is 2.50.